The van der Waals surface area contributed by atoms with Crippen molar-refractivity contribution in [1.82, 2.24) is 4.98 Å². The summed E-state index contributed by atoms with van der Waals surface area (Å²) in [6.07, 6.45) is -3.21. The average molecular weight is 305 g/mol. The Bertz CT molecular complexity index is 486. The van der Waals surface area contributed by atoms with Gasteiger partial charge in [-0.15, -0.1) is 0 Å². The zero-order chi connectivity index (χ0) is 13.0. The maximum atomic E-state index is 12.6. The first-order valence-electron chi connectivity index (χ1n) is 4.48. The molecule has 90 valence electrons. The summed E-state index contributed by atoms with van der Waals surface area (Å²) in [6, 6.07) is 2.90. The van der Waals surface area contributed by atoms with Crippen LogP contribution in [0.25, 0.3) is 0 Å². The summed E-state index contributed by atoms with van der Waals surface area (Å²) in [5.41, 5.74) is -0.436. The topological polar surface area (TPSA) is 74.0 Å². The molecule has 7 heteroatoms. The number of aliphatic carboxylic acids is 1. The Morgan fingerprint density at radius 2 is 2.24 bits per heavy atom. The summed E-state index contributed by atoms with van der Waals surface area (Å²) in [5, 5.41) is 17.5. The van der Waals surface area contributed by atoms with E-state index in [1.807, 2.05) is 0 Å². The molecule has 0 aliphatic rings. The number of hydrogen-bond donors (Lipinski definition) is 1. The molecule has 0 aliphatic carbocycles. The molecule has 1 aromatic rings. The lowest BCUT2D eigenvalue weighted by atomic mass is 10.1. The summed E-state index contributed by atoms with van der Waals surface area (Å²) >= 11 is 3.02. The van der Waals surface area contributed by atoms with Crippen LogP contribution in [0.3, 0.4) is 0 Å². The van der Waals surface area contributed by atoms with Crippen molar-refractivity contribution >= 4 is 21.9 Å². The molecule has 1 heterocycles. The van der Waals surface area contributed by atoms with Crippen molar-refractivity contribution in [2.75, 3.05) is 0 Å². The van der Waals surface area contributed by atoms with E-state index < -0.39 is 24.5 Å². The third-order valence-corrected chi connectivity index (χ3v) is 2.62. The minimum atomic E-state index is -2.80. The number of aromatic nitrogens is 1. The maximum absolute atomic E-state index is 12.6. The standard InChI is InChI=1S/C10H7BrF2N2O2/c11-3-6-1-5(2-8(16)17)7(4-14)15-9(6)10(12)13/h1,10H,2-3H2,(H,16,17). The van der Waals surface area contributed by atoms with Crippen LogP contribution in [-0.4, -0.2) is 16.1 Å². The summed E-state index contributed by atoms with van der Waals surface area (Å²) in [4.78, 5) is 14.1. The summed E-state index contributed by atoms with van der Waals surface area (Å²) in [5.74, 6) is -1.14. The van der Waals surface area contributed by atoms with Crippen molar-refractivity contribution in [3.8, 4) is 6.07 Å². The highest BCUT2D eigenvalue weighted by molar-refractivity contribution is 9.08. The molecular formula is C10H7BrF2N2O2. The fraction of sp³-hybridized carbons (Fsp3) is 0.300. The second kappa shape index (κ2) is 5.68. The molecule has 0 bridgehead atoms. The summed E-state index contributed by atoms with van der Waals surface area (Å²) in [6.45, 7) is 0. The Hall–Kier alpha value is -1.55. The molecule has 0 saturated heterocycles. The number of carboxylic acids is 1. The number of carbonyl (C=O) groups is 1. The molecule has 17 heavy (non-hydrogen) atoms. The Balaban J connectivity index is 3.33. The number of hydrogen-bond acceptors (Lipinski definition) is 3. The van der Waals surface area contributed by atoms with Crippen LogP contribution >= 0.6 is 15.9 Å². The van der Waals surface area contributed by atoms with Gasteiger partial charge in [0.2, 0.25) is 0 Å². The zero-order valence-electron chi connectivity index (χ0n) is 8.45. The van der Waals surface area contributed by atoms with Crippen LogP contribution in [0.15, 0.2) is 6.07 Å². The van der Waals surface area contributed by atoms with Gasteiger partial charge < -0.3 is 5.11 Å². The molecule has 1 N–H and O–H groups in total. The van der Waals surface area contributed by atoms with Gasteiger partial charge in [0.15, 0.2) is 0 Å². The third kappa shape index (κ3) is 3.20. The molecule has 0 spiro atoms. The minimum Gasteiger partial charge on any atom is -0.481 e. The van der Waals surface area contributed by atoms with Gasteiger partial charge in [-0.2, -0.15) is 5.26 Å². The average Bonchev–Trinajstić information content (AvgIpc) is 2.27. The molecule has 0 saturated carbocycles. The van der Waals surface area contributed by atoms with E-state index in [1.165, 1.54) is 6.07 Å². The van der Waals surface area contributed by atoms with Gasteiger partial charge in [-0.3, -0.25) is 4.79 Å². The van der Waals surface area contributed by atoms with E-state index in [0.29, 0.717) is 0 Å². The number of rotatable bonds is 4. The second-order valence-electron chi connectivity index (χ2n) is 3.16. The fourth-order valence-electron chi connectivity index (χ4n) is 1.31. The first-order valence-corrected chi connectivity index (χ1v) is 5.60. The largest absolute Gasteiger partial charge is 0.481 e. The van der Waals surface area contributed by atoms with Gasteiger partial charge >= 0.3 is 5.97 Å². The molecule has 1 aromatic heterocycles. The number of nitrogens with zero attached hydrogens (tertiary/aromatic N) is 2. The van der Waals surface area contributed by atoms with E-state index in [4.69, 9.17) is 10.4 Å². The first-order chi connectivity index (χ1) is 7.99. The summed E-state index contributed by atoms with van der Waals surface area (Å²) < 4.78 is 25.2. The lowest BCUT2D eigenvalue weighted by molar-refractivity contribution is -0.136. The van der Waals surface area contributed by atoms with E-state index in [2.05, 4.69) is 20.9 Å². The van der Waals surface area contributed by atoms with Crippen LogP contribution in [0.1, 0.15) is 28.9 Å². The van der Waals surface area contributed by atoms with Gasteiger partial charge in [-0.25, -0.2) is 13.8 Å². The number of carboxylic acid groups (broad SMARTS) is 1. The van der Waals surface area contributed by atoms with Gasteiger partial charge in [-0.1, -0.05) is 15.9 Å². The van der Waals surface area contributed by atoms with Crippen LogP contribution in [0, 0.1) is 11.3 Å². The Morgan fingerprint density at radius 3 is 2.65 bits per heavy atom. The van der Waals surface area contributed by atoms with Gasteiger partial charge in [-0.05, 0) is 11.6 Å². The first kappa shape index (κ1) is 13.5. The van der Waals surface area contributed by atoms with Crippen LogP contribution < -0.4 is 0 Å². The normalized spacial score (nSPS) is 10.3. The molecule has 0 amide bonds. The quantitative estimate of drug-likeness (QED) is 0.867. The van der Waals surface area contributed by atoms with Crippen molar-refractivity contribution in [2.24, 2.45) is 0 Å². The van der Waals surface area contributed by atoms with Crippen molar-refractivity contribution in [3.63, 3.8) is 0 Å². The van der Waals surface area contributed by atoms with E-state index in [1.54, 1.807) is 6.07 Å². The fourth-order valence-corrected chi connectivity index (χ4v) is 1.76. The van der Waals surface area contributed by atoms with Crippen molar-refractivity contribution in [3.05, 3.63) is 28.6 Å². The van der Waals surface area contributed by atoms with Crippen molar-refractivity contribution in [2.45, 2.75) is 18.2 Å². The number of alkyl halides is 3. The third-order valence-electron chi connectivity index (χ3n) is 2.01. The number of pyridine rings is 1. The van der Waals surface area contributed by atoms with Gasteiger partial charge in [0, 0.05) is 10.9 Å². The highest BCUT2D eigenvalue weighted by atomic mass is 79.9. The smallest absolute Gasteiger partial charge is 0.307 e. The number of nitriles is 1. The van der Waals surface area contributed by atoms with Gasteiger partial charge in [0.1, 0.15) is 17.5 Å². The van der Waals surface area contributed by atoms with Crippen molar-refractivity contribution < 1.29 is 18.7 Å². The highest BCUT2D eigenvalue weighted by Crippen LogP contribution is 2.25. The maximum Gasteiger partial charge on any atom is 0.307 e. The van der Waals surface area contributed by atoms with Crippen LogP contribution in [-0.2, 0) is 16.5 Å². The molecule has 1 rings (SSSR count). The summed E-state index contributed by atoms with van der Waals surface area (Å²) in [7, 11) is 0. The Morgan fingerprint density at radius 1 is 1.59 bits per heavy atom. The highest BCUT2D eigenvalue weighted by Gasteiger charge is 2.19. The van der Waals surface area contributed by atoms with Crippen molar-refractivity contribution in [1.29, 1.82) is 5.26 Å². The lowest BCUT2D eigenvalue weighted by Crippen LogP contribution is -2.08. The van der Waals surface area contributed by atoms with Crippen LogP contribution in [0.2, 0.25) is 0 Å². The van der Waals surface area contributed by atoms with E-state index in [9.17, 15) is 13.6 Å². The number of halogens is 3. The predicted octanol–water partition coefficient (Wildman–Crippen LogP) is 2.41. The monoisotopic (exact) mass is 304 g/mol. The second-order valence-corrected chi connectivity index (χ2v) is 3.72. The molecule has 0 fully saturated rings. The minimum absolute atomic E-state index is 0.123. The molecular weight excluding hydrogens is 298 g/mol. The van der Waals surface area contributed by atoms with E-state index >= 15 is 0 Å². The predicted molar refractivity (Wildman–Crippen MR) is 57.9 cm³/mol. The SMILES string of the molecule is N#Cc1nc(C(F)F)c(CBr)cc1CC(=O)O. The van der Waals surface area contributed by atoms with Crippen LogP contribution in [0.4, 0.5) is 8.78 Å². The molecule has 0 atom stereocenters. The van der Waals surface area contributed by atoms with Gasteiger partial charge in [0.05, 0.1) is 6.42 Å². The molecule has 4 nitrogen and oxygen atoms in total. The zero-order valence-corrected chi connectivity index (χ0v) is 10.0. The molecule has 0 aromatic carbocycles. The van der Waals surface area contributed by atoms with E-state index in [-0.39, 0.29) is 22.2 Å². The van der Waals surface area contributed by atoms with E-state index in [0.717, 1.165) is 0 Å². The Labute approximate surface area is 104 Å². The molecule has 0 unspecified atom stereocenters. The van der Waals surface area contributed by atoms with Crippen LogP contribution in [0.5, 0.6) is 0 Å². The molecule has 0 aliphatic heterocycles. The Kier molecular flexibility index (Phi) is 4.52. The lowest BCUT2D eigenvalue weighted by Gasteiger charge is -2.09. The molecule has 0 radical (unpaired) electrons. The van der Waals surface area contributed by atoms with Gasteiger partial charge in [0.25, 0.3) is 6.43 Å².